The fraction of sp³-hybridized carbons (Fsp3) is 0.500. The molecule has 0 aromatic carbocycles. The predicted molar refractivity (Wildman–Crippen MR) is 71.7 cm³/mol. The Bertz CT molecular complexity index is 527. The summed E-state index contributed by atoms with van der Waals surface area (Å²) in [4.78, 5) is 22.9. The minimum atomic E-state index is -0.804. The second-order valence-corrected chi connectivity index (χ2v) is 5.51. The molecule has 2 N–H and O–H groups in total. The van der Waals surface area contributed by atoms with Crippen molar-refractivity contribution < 1.29 is 14.7 Å². The van der Waals surface area contributed by atoms with E-state index in [1.54, 1.807) is 7.05 Å². The number of nitrogens with zero attached hydrogens (tertiary/aromatic N) is 1. The molecule has 19 heavy (non-hydrogen) atoms. The van der Waals surface area contributed by atoms with Crippen LogP contribution in [0.1, 0.15) is 29.8 Å². The van der Waals surface area contributed by atoms with Crippen LogP contribution in [0.5, 0.6) is 0 Å². The first-order valence-corrected chi connectivity index (χ1v) is 6.70. The number of aliphatic carboxylic acids is 1. The number of amides is 1. The Morgan fingerprint density at radius 2 is 2.11 bits per heavy atom. The van der Waals surface area contributed by atoms with E-state index in [0.717, 1.165) is 0 Å². The molecule has 1 aromatic heterocycles. The Labute approximate surface area is 120 Å². The van der Waals surface area contributed by atoms with Crippen LogP contribution in [0.25, 0.3) is 0 Å². The Morgan fingerprint density at radius 1 is 1.42 bits per heavy atom. The third-order valence-corrected chi connectivity index (χ3v) is 4.31. The van der Waals surface area contributed by atoms with E-state index in [-0.39, 0.29) is 17.9 Å². The molecule has 1 aliphatic rings. The van der Waals surface area contributed by atoms with Gasteiger partial charge < -0.3 is 15.0 Å². The van der Waals surface area contributed by atoms with E-state index in [9.17, 15) is 9.59 Å². The minimum Gasteiger partial charge on any atom is -0.481 e. The maximum Gasteiger partial charge on any atom is 0.306 e. The third kappa shape index (κ3) is 2.87. The fourth-order valence-electron chi connectivity index (χ4n) is 2.36. The molecule has 1 saturated carbocycles. The number of rotatable bonds is 3. The van der Waals surface area contributed by atoms with E-state index in [1.807, 2.05) is 0 Å². The van der Waals surface area contributed by atoms with Gasteiger partial charge in [-0.05, 0) is 25.3 Å². The molecule has 2 rings (SSSR count). The highest BCUT2D eigenvalue weighted by Crippen LogP contribution is 2.27. The lowest BCUT2D eigenvalue weighted by atomic mass is 10.1. The fourth-order valence-corrected chi connectivity index (χ4v) is 2.73. The summed E-state index contributed by atoms with van der Waals surface area (Å²) >= 11 is 11.7. The molecule has 2 unspecified atom stereocenters. The van der Waals surface area contributed by atoms with Crippen molar-refractivity contribution in [3.8, 4) is 0 Å². The number of aromatic nitrogens is 1. The predicted octanol–water partition coefficient (Wildman–Crippen LogP) is 2.31. The summed E-state index contributed by atoms with van der Waals surface area (Å²) < 4.78 is 1.50. The van der Waals surface area contributed by atoms with Crippen LogP contribution in [0.4, 0.5) is 0 Å². The zero-order valence-corrected chi connectivity index (χ0v) is 11.8. The third-order valence-electron chi connectivity index (χ3n) is 3.47. The zero-order valence-electron chi connectivity index (χ0n) is 10.3. The number of halogens is 2. The Kier molecular flexibility index (Phi) is 4.06. The van der Waals surface area contributed by atoms with Crippen LogP contribution >= 0.6 is 23.2 Å². The molecular weight excluding hydrogens is 291 g/mol. The summed E-state index contributed by atoms with van der Waals surface area (Å²) in [5, 5.41) is 12.4. The van der Waals surface area contributed by atoms with Crippen LogP contribution in [0.2, 0.25) is 10.2 Å². The molecule has 1 aromatic rings. The maximum absolute atomic E-state index is 12.1. The van der Waals surface area contributed by atoms with E-state index in [1.165, 1.54) is 10.6 Å². The summed E-state index contributed by atoms with van der Waals surface area (Å²) in [6.07, 6.45) is 1.73. The van der Waals surface area contributed by atoms with Crippen molar-refractivity contribution in [3.63, 3.8) is 0 Å². The van der Waals surface area contributed by atoms with Crippen molar-refractivity contribution in [2.45, 2.75) is 25.3 Å². The molecule has 0 radical (unpaired) electrons. The lowest BCUT2D eigenvalue weighted by Gasteiger charge is -2.12. The standard InChI is InChI=1S/C12H14Cl2N2O3/c1-16-9(5-8(13)10(16)14)11(17)15-7-3-2-6(4-7)12(18)19/h5-7H,2-4H2,1H3,(H,15,17)(H,18,19). The molecule has 1 fully saturated rings. The average molecular weight is 305 g/mol. The lowest BCUT2D eigenvalue weighted by Crippen LogP contribution is -2.34. The van der Waals surface area contributed by atoms with Crippen molar-refractivity contribution in [1.29, 1.82) is 0 Å². The van der Waals surface area contributed by atoms with Crippen molar-refractivity contribution in [3.05, 3.63) is 21.9 Å². The van der Waals surface area contributed by atoms with E-state index in [2.05, 4.69) is 5.32 Å². The first-order valence-electron chi connectivity index (χ1n) is 5.94. The second kappa shape index (κ2) is 5.43. The average Bonchev–Trinajstić information content (AvgIpc) is 2.90. The van der Waals surface area contributed by atoms with Crippen molar-refractivity contribution in [2.75, 3.05) is 0 Å². The van der Waals surface area contributed by atoms with E-state index >= 15 is 0 Å². The van der Waals surface area contributed by atoms with Crippen LogP contribution in [-0.2, 0) is 11.8 Å². The van der Waals surface area contributed by atoms with Gasteiger partial charge in [0.05, 0.1) is 10.9 Å². The highest BCUT2D eigenvalue weighted by Gasteiger charge is 2.31. The number of hydrogen-bond donors (Lipinski definition) is 2. The number of hydrogen-bond acceptors (Lipinski definition) is 2. The molecule has 7 heteroatoms. The van der Waals surface area contributed by atoms with Gasteiger partial charge in [0, 0.05) is 13.1 Å². The molecule has 0 saturated heterocycles. The highest BCUT2D eigenvalue weighted by molar-refractivity contribution is 6.41. The summed E-state index contributed by atoms with van der Waals surface area (Å²) in [5.41, 5.74) is 0.369. The van der Waals surface area contributed by atoms with Gasteiger partial charge in [-0.25, -0.2) is 0 Å². The molecule has 1 heterocycles. The molecule has 0 aliphatic heterocycles. The lowest BCUT2D eigenvalue weighted by molar-refractivity contribution is -0.141. The minimum absolute atomic E-state index is 0.110. The zero-order chi connectivity index (χ0) is 14.2. The first-order chi connectivity index (χ1) is 8.90. The smallest absolute Gasteiger partial charge is 0.306 e. The molecule has 5 nitrogen and oxygen atoms in total. The number of carboxylic acids is 1. The summed E-state index contributed by atoms with van der Waals surface area (Å²) in [6, 6.07) is 1.39. The van der Waals surface area contributed by atoms with Crippen molar-refractivity contribution in [1.82, 2.24) is 9.88 Å². The van der Waals surface area contributed by atoms with Crippen LogP contribution < -0.4 is 5.32 Å². The number of carboxylic acid groups (broad SMARTS) is 1. The number of nitrogens with one attached hydrogen (secondary N) is 1. The summed E-state index contributed by atoms with van der Waals surface area (Å²) in [7, 11) is 1.65. The Morgan fingerprint density at radius 3 is 2.58 bits per heavy atom. The van der Waals surface area contributed by atoms with Gasteiger partial charge in [-0.3, -0.25) is 9.59 Å². The summed E-state index contributed by atoms with van der Waals surface area (Å²) in [6.45, 7) is 0. The summed E-state index contributed by atoms with van der Waals surface area (Å²) in [5.74, 6) is -1.46. The van der Waals surface area contributed by atoms with Gasteiger partial charge >= 0.3 is 5.97 Å². The SMILES string of the molecule is Cn1c(C(=O)NC2CCC(C(=O)O)C2)cc(Cl)c1Cl. The van der Waals surface area contributed by atoms with E-state index < -0.39 is 5.97 Å². The van der Waals surface area contributed by atoms with Gasteiger partial charge in [0.25, 0.3) is 5.91 Å². The van der Waals surface area contributed by atoms with Crippen LogP contribution in [0, 0.1) is 5.92 Å². The molecule has 0 bridgehead atoms. The van der Waals surface area contributed by atoms with Crippen LogP contribution in [-0.4, -0.2) is 27.6 Å². The quantitative estimate of drug-likeness (QED) is 0.900. The van der Waals surface area contributed by atoms with E-state index in [4.69, 9.17) is 28.3 Å². The monoisotopic (exact) mass is 304 g/mol. The molecule has 104 valence electrons. The molecule has 1 amide bonds. The van der Waals surface area contributed by atoms with Gasteiger partial charge in [0.2, 0.25) is 0 Å². The van der Waals surface area contributed by atoms with Gasteiger partial charge in [-0.1, -0.05) is 23.2 Å². The molecular formula is C12H14Cl2N2O3. The van der Waals surface area contributed by atoms with Gasteiger partial charge in [-0.2, -0.15) is 0 Å². The maximum atomic E-state index is 12.1. The molecule has 0 spiro atoms. The molecule has 2 atom stereocenters. The van der Waals surface area contributed by atoms with Crippen LogP contribution in [0.15, 0.2) is 6.07 Å². The number of carbonyl (C=O) groups excluding carboxylic acids is 1. The number of carbonyl (C=O) groups is 2. The van der Waals surface area contributed by atoms with E-state index in [0.29, 0.717) is 35.1 Å². The second-order valence-electron chi connectivity index (χ2n) is 4.75. The highest BCUT2D eigenvalue weighted by atomic mass is 35.5. The van der Waals surface area contributed by atoms with Crippen molar-refractivity contribution >= 4 is 35.1 Å². The normalized spacial score (nSPS) is 22.5. The molecule has 1 aliphatic carbocycles. The Balaban J connectivity index is 2.02. The first kappa shape index (κ1) is 14.2. The van der Waals surface area contributed by atoms with Gasteiger partial charge in [0.15, 0.2) is 0 Å². The van der Waals surface area contributed by atoms with Crippen LogP contribution in [0.3, 0.4) is 0 Å². The van der Waals surface area contributed by atoms with Crippen molar-refractivity contribution in [2.24, 2.45) is 13.0 Å². The van der Waals surface area contributed by atoms with Gasteiger partial charge in [-0.15, -0.1) is 0 Å². The largest absolute Gasteiger partial charge is 0.481 e. The Hall–Kier alpha value is -1.20. The topological polar surface area (TPSA) is 71.3 Å². The van der Waals surface area contributed by atoms with Gasteiger partial charge in [0.1, 0.15) is 10.8 Å².